The molecule has 1 aromatic heterocycles. The van der Waals surface area contributed by atoms with Crippen LogP contribution in [0.1, 0.15) is 32.3 Å². The first-order valence-corrected chi connectivity index (χ1v) is 8.48. The van der Waals surface area contributed by atoms with Crippen molar-refractivity contribution in [1.29, 1.82) is 0 Å². The topological polar surface area (TPSA) is 86.8 Å². The molecule has 1 aliphatic heterocycles. The second-order valence-corrected chi connectivity index (χ2v) is 6.56. The minimum Gasteiger partial charge on any atom is -0.352 e. The normalized spacial score (nSPS) is 16.5. The Balaban J connectivity index is 1.53. The molecule has 128 valence electrons. The van der Waals surface area contributed by atoms with Crippen molar-refractivity contribution < 1.29 is 4.79 Å². The molecule has 2 aromatic rings. The van der Waals surface area contributed by atoms with Gasteiger partial charge in [-0.3, -0.25) is 4.79 Å². The van der Waals surface area contributed by atoms with Crippen LogP contribution < -0.4 is 5.32 Å². The van der Waals surface area contributed by atoms with Crippen molar-refractivity contribution in [3.8, 4) is 11.4 Å². The lowest BCUT2D eigenvalue weighted by atomic mass is 9.95. The van der Waals surface area contributed by atoms with Gasteiger partial charge < -0.3 is 10.2 Å². The summed E-state index contributed by atoms with van der Waals surface area (Å²) in [7, 11) is 0. The van der Waals surface area contributed by atoms with Gasteiger partial charge in [0.2, 0.25) is 11.7 Å². The van der Waals surface area contributed by atoms with Gasteiger partial charge in [0.1, 0.15) is 0 Å². The summed E-state index contributed by atoms with van der Waals surface area (Å²) >= 11 is 0. The third kappa shape index (κ3) is 3.97. The molecule has 1 fully saturated rings. The van der Waals surface area contributed by atoms with E-state index in [9.17, 15) is 4.79 Å². The van der Waals surface area contributed by atoms with E-state index >= 15 is 0 Å². The number of benzene rings is 1. The molecule has 0 saturated carbocycles. The van der Waals surface area contributed by atoms with Gasteiger partial charge in [-0.15, -0.1) is 10.2 Å². The number of hydrogen-bond donors (Lipinski definition) is 2. The monoisotopic (exact) mass is 328 g/mol. The number of aromatic nitrogens is 4. The molecule has 24 heavy (non-hydrogen) atoms. The highest BCUT2D eigenvalue weighted by atomic mass is 16.1. The van der Waals surface area contributed by atoms with Gasteiger partial charge in [0.15, 0.2) is 0 Å². The quantitative estimate of drug-likeness (QED) is 0.870. The third-order valence-electron chi connectivity index (χ3n) is 4.63. The Morgan fingerprint density at radius 3 is 2.83 bits per heavy atom. The second-order valence-electron chi connectivity index (χ2n) is 6.56. The van der Waals surface area contributed by atoms with E-state index < -0.39 is 0 Å². The Morgan fingerprint density at radius 2 is 2.17 bits per heavy atom. The van der Waals surface area contributed by atoms with Crippen molar-refractivity contribution in [3.05, 3.63) is 29.8 Å². The van der Waals surface area contributed by atoms with Crippen molar-refractivity contribution in [1.82, 2.24) is 30.8 Å². The molecule has 0 spiro atoms. The number of carbonyl (C=O) groups excluding carboxylic acids is 1. The Labute approximate surface area is 141 Å². The zero-order valence-electron chi connectivity index (χ0n) is 14.2. The Kier molecular flexibility index (Phi) is 5.20. The Bertz CT molecular complexity index is 661. The maximum atomic E-state index is 12.4. The van der Waals surface area contributed by atoms with Crippen molar-refractivity contribution in [2.24, 2.45) is 5.92 Å². The van der Waals surface area contributed by atoms with E-state index in [1.54, 1.807) is 0 Å². The average molecular weight is 328 g/mol. The van der Waals surface area contributed by atoms with E-state index in [4.69, 9.17) is 0 Å². The molecule has 0 atom stereocenters. The van der Waals surface area contributed by atoms with Gasteiger partial charge in [-0.05, 0) is 56.6 Å². The number of aromatic amines is 1. The highest BCUT2D eigenvalue weighted by Crippen LogP contribution is 2.19. The van der Waals surface area contributed by atoms with Crippen molar-refractivity contribution in [2.75, 3.05) is 13.1 Å². The number of carbonyl (C=O) groups is 1. The Morgan fingerprint density at radius 1 is 1.38 bits per heavy atom. The highest BCUT2D eigenvalue weighted by Gasteiger charge is 2.25. The molecule has 1 amide bonds. The number of amides is 1. The SMILES string of the molecule is CC(C)N1CCC(C(=O)NCc2cccc(-c3nn[nH]n3)c2)CC1. The van der Waals surface area contributed by atoms with E-state index in [0.29, 0.717) is 18.4 Å². The van der Waals surface area contributed by atoms with Crippen LogP contribution in [0.5, 0.6) is 0 Å². The minimum absolute atomic E-state index is 0.125. The summed E-state index contributed by atoms with van der Waals surface area (Å²) in [5, 5.41) is 17.0. The van der Waals surface area contributed by atoms with Crippen LogP contribution in [0.4, 0.5) is 0 Å². The summed E-state index contributed by atoms with van der Waals surface area (Å²) in [6, 6.07) is 8.39. The third-order valence-corrected chi connectivity index (χ3v) is 4.63. The molecule has 7 heteroatoms. The van der Waals surface area contributed by atoms with Crippen LogP contribution in [0, 0.1) is 5.92 Å². The molecular weight excluding hydrogens is 304 g/mol. The molecule has 1 aromatic carbocycles. The van der Waals surface area contributed by atoms with E-state index in [2.05, 4.69) is 44.7 Å². The van der Waals surface area contributed by atoms with E-state index in [0.717, 1.165) is 37.1 Å². The summed E-state index contributed by atoms with van der Waals surface area (Å²) in [4.78, 5) is 14.8. The summed E-state index contributed by atoms with van der Waals surface area (Å²) in [6.07, 6.45) is 1.87. The van der Waals surface area contributed by atoms with Gasteiger partial charge in [-0.25, -0.2) is 0 Å². The van der Waals surface area contributed by atoms with Crippen LogP contribution in [0.25, 0.3) is 11.4 Å². The van der Waals surface area contributed by atoms with Crippen LogP contribution in [-0.2, 0) is 11.3 Å². The lowest BCUT2D eigenvalue weighted by Gasteiger charge is -2.33. The molecule has 0 unspecified atom stereocenters. The first-order valence-electron chi connectivity index (χ1n) is 8.48. The fraction of sp³-hybridized carbons (Fsp3) is 0.529. The zero-order valence-corrected chi connectivity index (χ0v) is 14.2. The van der Waals surface area contributed by atoms with Crippen molar-refractivity contribution in [2.45, 2.75) is 39.3 Å². The Hall–Kier alpha value is -2.28. The molecular formula is C17H24N6O. The number of nitrogens with zero attached hydrogens (tertiary/aromatic N) is 4. The van der Waals surface area contributed by atoms with Crippen LogP contribution in [-0.4, -0.2) is 50.6 Å². The first-order chi connectivity index (χ1) is 11.6. The predicted octanol–water partition coefficient (Wildman–Crippen LogP) is 1.60. The summed E-state index contributed by atoms with van der Waals surface area (Å²) in [6.45, 7) is 6.94. The zero-order chi connectivity index (χ0) is 16.9. The summed E-state index contributed by atoms with van der Waals surface area (Å²) in [5.74, 6) is 0.841. The van der Waals surface area contributed by atoms with Gasteiger partial charge in [0.05, 0.1) is 0 Å². The standard InChI is InChI=1S/C17H24N6O/c1-12(2)23-8-6-14(7-9-23)17(24)18-11-13-4-3-5-15(10-13)16-19-21-22-20-16/h3-5,10,12,14H,6-9,11H2,1-2H3,(H,18,24)(H,19,20,21,22). The van der Waals surface area contributed by atoms with Gasteiger partial charge in [0, 0.05) is 24.1 Å². The molecule has 2 heterocycles. The maximum absolute atomic E-state index is 12.4. The van der Waals surface area contributed by atoms with Crippen LogP contribution in [0.3, 0.4) is 0 Å². The van der Waals surface area contributed by atoms with E-state index in [1.807, 2.05) is 24.3 Å². The predicted molar refractivity (Wildman–Crippen MR) is 90.9 cm³/mol. The summed E-state index contributed by atoms with van der Waals surface area (Å²) < 4.78 is 0. The number of tetrazole rings is 1. The number of H-pyrrole nitrogens is 1. The molecule has 3 rings (SSSR count). The number of likely N-dealkylation sites (tertiary alicyclic amines) is 1. The fourth-order valence-corrected chi connectivity index (χ4v) is 3.12. The second kappa shape index (κ2) is 7.53. The number of hydrogen-bond acceptors (Lipinski definition) is 5. The molecule has 1 aliphatic rings. The number of rotatable bonds is 5. The molecule has 2 N–H and O–H groups in total. The van der Waals surface area contributed by atoms with Gasteiger partial charge in [-0.2, -0.15) is 5.21 Å². The van der Waals surface area contributed by atoms with E-state index in [-0.39, 0.29) is 11.8 Å². The van der Waals surface area contributed by atoms with Gasteiger partial charge in [-0.1, -0.05) is 18.2 Å². The van der Waals surface area contributed by atoms with Gasteiger partial charge in [0.25, 0.3) is 0 Å². The molecule has 0 radical (unpaired) electrons. The van der Waals surface area contributed by atoms with Crippen LogP contribution in [0.2, 0.25) is 0 Å². The van der Waals surface area contributed by atoms with Crippen molar-refractivity contribution in [3.63, 3.8) is 0 Å². The number of nitrogens with one attached hydrogen (secondary N) is 2. The average Bonchev–Trinajstić information content (AvgIpc) is 3.15. The van der Waals surface area contributed by atoms with E-state index in [1.165, 1.54) is 0 Å². The smallest absolute Gasteiger partial charge is 0.223 e. The van der Waals surface area contributed by atoms with Gasteiger partial charge >= 0.3 is 0 Å². The summed E-state index contributed by atoms with van der Waals surface area (Å²) in [5.41, 5.74) is 1.92. The number of piperidine rings is 1. The minimum atomic E-state index is 0.125. The lowest BCUT2D eigenvalue weighted by Crippen LogP contribution is -2.42. The maximum Gasteiger partial charge on any atom is 0.223 e. The first kappa shape index (κ1) is 16.6. The highest BCUT2D eigenvalue weighted by molar-refractivity contribution is 5.78. The lowest BCUT2D eigenvalue weighted by molar-refractivity contribution is -0.126. The molecule has 1 saturated heterocycles. The fourth-order valence-electron chi connectivity index (χ4n) is 3.12. The molecule has 7 nitrogen and oxygen atoms in total. The van der Waals surface area contributed by atoms with Crippen molar-refractivity contribution >= 4 is 5.91 Å². The van der Waals surface area contributed by atoms with Crippen LogP contribution in [0.15, 0.2) is 24.3 Å². The largest absolute Gasteiger partial charge is 0.352 e. The molecule has 0 aliphatic carbocycles. The molecule has 0 bridgehead atoms. The van der Waals surface area contributed by atoms with Crippen LogP contribution >= 0.6 is 0 Å².